The average Bonchev–Trinajstić information content (AvgIpc) is 2.87. The van der Waals surface area contributed by atoms with Crippen LogP contribution in [-0.4, -0.2) is 35.4 Å². The van der Waals surface area contributed by atoms with Crippen LogP contribution in [0.25, 0.3) is 0 Å². The molecule has 1 aliphatic heterocycles. The molecule has 0 bridgehead atoms. The van der Waals surface area contributed by atoms with Crippen molar-refractivity contribution in [3.8, 4) is 0 Å². The van der Waals surface area contributed by atoms with E-state index in [1.165, 1.54) is 5.57 Å². The molecule has 2 N–H and O–H groups in total. The second-order valence-electron chi connectivity index (χ2n) is 14.8. The maximum atomic E-state index is 12.8. The summed E-state index contributed by atoms with van der Waals surface area (Å²) in [6, 6.07) is 0. The van der Waals surface area contributed by atoms with Gasteiger partial charge in [0.05, 0.1) is 12.0 Å². The number of carbonyl (C=O) groups excluding carboxylic acids is 1. The van der Waals surface area contributed by atoms with E-state index in [9.17, 15) is 19.8 Å². The Bertz CT molecular complexity index is 954. The predicted molar refractivity (Wildman–Crippen MR) is 134 cm³/mol. The lowest BCUT2D eigenvalue weighted by Crippen LogP contribution is -2.63. The Kier molecular flexibility index (Phi) is 5.57. The molecule has 0 aromatic heterocycles. The molecule has 0 aromatic carbocycles. The molecule has 35 heavy (non-hydrogen) atoms. The van der Waals surface area contributed by atoms with Crippen LogP contribution in [0.2, 0.25) is 0 Å². The smallest absolute Gasteiger partial charge is 0.310 e. The van der Waals surface area contributed by atoms with E-state index >= 15 is 0 Å². The largest absolute Gasteiger partial charge is 0.481 e. The van der Waals surface area contributed by atoms with E-state index in [-0.39, 0.29) is 40.1 Å². The standard InChI is InChI=1S/C30H46O5/c1-25(2)11-13-30(24(33)34)14-12-28(5)19(20(30)15-25)7-8-22-27(4)16-23(32)35-18-26(3,17-31)21(27)9-10-29(22,28)6/h7,17,20-23,32H,8-16,18H2,1-6H3,(H,33,34)/t20-,21-,22+,23-,26-,27-,28+,29+,30-/m0/s1. The summed E-state index contributed by atoms with van der Waals surface area (Å²) >= 11 is 0. The number of carbonyl (C=O) groups is 2. The van der Waals surface area contributed by atoms with Crippen LogP contribution >= 0.6 is 0 Å². The Morgan fingerprint density at radius 3 is 2.34 bits per heavy atom. The first-order valence-electron chi connectivity index (χ1n) is 13.9. The maximum absolute atomic E-state index is 12.8. The third-order valence-electron chi connectivity index (χ3n) is 12.6. The van der Waals surface area contributed by atoms with Gasteiger partial charge < -0.3 is 19.7 Å². The van der Waals surface area contributed by atoms with E-state index in [2.05, 4.69) is 40.7 Å². The fraction of sp³-hybridized carbons (Fsp3) is 0.867. The highest BCUT2D eigenvalue weighted by Gasteiger charge is 2.69. The number of rotatable bonds is 2. The third-order valence-corrected chi connectivity index (χ3v) is 12.6. The van der Waals surface area contributed by atoms with Gasteiger partial charge in [0.2, 0.25) is 0 Å². The number of carboxylic acid groups (broad SMARTS) is 1. The van der Waals surface area contributed by atoms with Crippen molar-refractivity contribution in [1.82, 2.24) is 0 Å². The summed E-state index contributed by atoms with van der Waals surface area (Å²) < 4.78 is 5.79. The zero-order chi connectivity index (χ0) is 25.7. The van der Waals surface area contributed by atoms with Crippen molar-refractivity contribution in [2.24, 2.45) is 50.2 Å². The second-order valence-corrected chi connectivity index (χ2v) is 14.8. The monoisotopic (exact) mass is 486 g/mol. The molecule has 5 rings (SSSR count). The van der Waals surface area contributed by atoms with Crippen LogP contribution < -0.4 is 0 Å². The first-order chi connectivity index (χ1) is 16.2. The number of aliphatic hydroxyl groups is 1. The fourth-order valence-corrected chi connectivity index (χ4v) is 10.3. The van der Waals surface area contributed by atoms with Crippen LogP contribution in [-0.2, 0) is 14.3 Å². The van der Waals surface area contributed by atoms with Crippen molar-refractivity contribution in [2.75, 3.05) is 6.61 Å². The van der Waals surface area contributed by atoms with Gasteiger partial charge >= 0.3 is 5.97 Å². The van der Waals surface area contributed by atoms with Gasteiger partial charge in [-0.2, -0.15) is 0 Å². The highest BCUT2D eigenvalue weighted by molar-refractivity contribution is 5.76. The molecule has 4 aliphatic carbocycles. The lowest BCUT2D eigenvalue weighted by molar-refractivity contribution is -0.182. The molecule has 0 aromatic rings. The quantitative estimate of drug-likeness (QED) is 0.370. The van der Waals surface area contributed by atoms with Gasteiger partial charge in [0.25, 0.3) is 0 Å². The highest BCUT2D eigenvalue weighted by Crippen LogP contribution is 2.75. The Morgan fingerprint density at radius 2 is 1.69 bits per heavy atom. The molecule has 0 radical (unpaired) electrons. The zero-order valence-electron chi connectivity index (χ0n) is 22.7. The van der Waals surface area contributed by atoms with Crippen LogP contribution in [0.3, 0.4) is 0 Å². The van der Waals surface area contributed by atoms with E-state index in [1.807, 2.05) is 6.92 Å². The number of allylic oxidation sites excluding steroid dienone is 2. The average molecular weight is 487 g/mol. The first kappa shape index (κ1) is 25.4. The molecule has 9 atom stereocenters. The molecule has 0 amide bonds. The molecule has 3 saturated carbocycles. The number of ether oxygens (including phenoxy) is 1. The summed E-state index contributed by atoms with van der Waals surface area (Å²) in [7, 11) is 0. The SMILES string of the molecule is CC1(C)CC[C@]2(C(=O)O)CC[C@]3(C)C(=CC[C@@H]4[C@@]5(C)C[C@@H](O)OC[C@](C)(C=O)[C@@H]5CC[C@]43C)[C@@H]2C1. The minimum Gasteiger partial charge on any atom is -0.481 e. The summed E-state index contributed by atoms with van der Waals surface area (Å²) in [5.41, 5.74) is 0.0159. The van der Waals surface area contributed by atoms with Crippen molar-refractivity contribution in [1.29, 1.82) is 0 Å². The topological polar surface area (TPSA) is 83.8 Å². The van der Waals surface area contributed by atoms with Gasteiger partial charge in [-0.25, -0.2) is 0 Å². The second kappa shape index (κ2) is 7.66. The van der Waals surface area contributed by atoms with E-state index in [1.54, 1.807) is 0 Å². The van der Waals surface area contributed by atoms with Crippen molar-refractivity contribution < 1.29 is 24.5 Å². The van der Waals surface area contributed by atoms with Gasteiger partial charge in [-0.05, 0) is 90.8 Å². The molecular weight excluding hydrogens is 440 g/mol. The summed E-state index contributed by atoms with van der Waals surface area (Å²) in [6.45, 7) is 14.1. The lowest BCUT2D eigenvalue weighted by Gasteiger charge is -2.69. The summed E-state index contributed by atoms with van der Waals surface area (Å²) in [4.78, 5) is 25.1. The lowest BCUT2D eigenvalue weighted by atomic mass is 9.34. The van der Waals surface area contributed by atoms with E-state index < -0.39 is 23.1 Å². The van der Waals surface area contributed by atoms with Crippen LogP contribution in [0.1, 0.15) is 99.3 Å². The van der Waals surface area contributed by atoms with Gasteiger partial charge in [-0.15, -0.1) is 0 Å². The van der Waals surface area contributed by atoms with E-state index in [0.29, 0.717) is 12.3 Å². The van der Waals surface area contributed by atoms with E-state index in [4.69, 9.17) is 4.74 Å². The van der Waals surface area contributed by atoms with Crippen LogP contribution in [0, 0.1) is 50.2 Å². The van der Waals surface area contributed by atoms with Gasteiger partial charge in [-0.1, -0.05) is 53.2 Å². The molecule has 5 nitrogen and oxygen atoms in total. The summed E-state index contributed by atoms with van der Waals surface area (Å²) in [5, 5.41) is 21.3. The molecular formula is C30H46O5. The summed E-state index contributed by atoms with van der Waals surface area (Å²) in [5.74, 6) is -0.0348. The molecule has 5 aliphatic rings. The minimum atomic E-state index is -0.852. The van der Waals surface area contributed by atoms with Gasteiger partial charge in [0.1, 0.15) is 6.29 Å². The fourth-order valence-electron chi connectivity index (χ4n) is 10.3. The number of aliphatic hydroxyl groups excluding tert-OH is 1. The molecule has 4 fully saturated rings. The normalized spacial score (nSPS) is 53.1. The Balaban J connectivity index is 1.62. The Hall–Kier alpha value is -1.20. The number of aliphatic carboxylic acids is 1. The van der Waals surface area contributed by atoms with Crippen molar-refractivity contribution in [3.63, 3.8) is 0 Å². The third kappa shape index (κ3) is 3.25. The van der Waals surface area contributed by atoms with Crippen LogP contribution in [0.5, 0.6) is 0 Å². The van der Waals surface area contributed by atoms with Crippen molar-refractivity contribution in [3.05, 3.63) is 11.6 Å². The molecule has 0 unspecified atom stereocenters. The van der Waals surface area contributed by atoms with E-state index in [0.717, 1.165) is 57.7 Å². The molecule has 1 saturated heterocycles. The van der Waals surface area contributed by atoms with Crippen LogP contribution in [0.4, 0.5) is 0 Å². The van der Waals surface area contributed by atoms with Crippen molar-refractivity contribution in [2.45, 2.75) is 106 Å². The Labute approximate surface area is 211 Å². The number of aldehydes is 1. The minimum absolute atomic E-state index is 0.0115. The predicted octanol–water partition coefficient (Wildman–Crippen LogP) is 6.00. The zero-order valence-corrected chi connectivity index (χ0v) is 22.7. The molecule has 0 spiro atoms. The number of fused-ring (bicyclic) bond motifs is 7. The van der Waals surface area contributed by atoms with Gasteiger partial charge in [-0.3, -0.25) is 4.79 Å². The summed E-state index contributed by atoms with van der Waals surface area (Å²) in [6.07, 6.45) is 10.4. The molecule has 196 valence electrons. The first-order valence-corrected chi connectivity index (χ1v) is 13.9. The van der Waals surface area contributed by atoms with Crippen molar-refractivity contribution >= 4 is 12.3 Å². The van der Waals surface area contributed by atoms with Gasteiger partial charge in [0, 0.05) is 11.8 Å². The number of carboxylic acids is 1. The highest BCUT2D eigenvalue weighted by atomic mass is 16.6. The molecule has 5 heteroatoms. The molecule has 1 heterocycles. The van der Waals surface area contributed by atoms with Gasteiger partial charge in [0.15, 0.2) is 6.29 Å². The number of hydrogen-bond donors (Lipinski definition) is 2. The Morgan fingerprint density at radius 1 is 1.00 bits per heavy atom. The maximum Gasteiger partial charge on any atom is 0.310 e. The number of hydrogen-bond acceptors (Lipinski definition) is 4. The van der Waals surface area contributed by atoms with Crippen LogP contribution in [0.15, 0.2) is 11.6 Å².